The van der Waals surface area contributed by atoms with E-state index in [4.69, 9.17) is 23.8 Å². The molecule has 1 atom stereocenters. The molecule has 16 nitrogen and oxygen atoms in total. The molecule has 3 aliphatic rings. The summed E-state index contributed by atoms with van der Waals surface area (Å²) in [5, 5.41) is 0.553. The number of rotatable bonds is 23. The number of methoxy groups -OCH3 is 2. The summed E-state index contributed by atoms with van der Waals surface area (Å²) >= 11 is 0. The van der Waals surface area contributed by atoms with Crippen molar-refractivity contribution in [1.82, 2.24) is 5.06 Å². The van der Waals surface area contributed by atoms with Crippen LogP contribution in [0.25, 0.3) is 12.2 Å². The van der Waals surface area contributed by atoms with Crippen LogP contribution in [-0.4, -0.2) is 103 Å². The highest BCUT2D eigenvalue weighted by atomic mass is 32.2. The summed E-state index contributed by atoms with van der Waals surface area (Å²) in [4.78, 5) is 72.7. The van der Waals surface area contributed by atoms with Gasteiger partial charge in [-0.05, 0) is 91.4 Å². The largest absolute Gasteiger partial charge is 0.744 e. The molecule has 3 aromatic carbocycles. The van der Waals surface area contributed by atoms with Crippen molar-refractivity contribution in [2.24, 2.45) is 0 Å². The van der Waals surface area contributed by atoms with Crippen LogP contribution in [0.5, 0.6) is 0 Å². The van der Waals surface area contributed by atoms with Crippen molar-refractivity contribution in [2.75, 3.05) is 76.8 Å². The molecule has 6 rings (SSSR count). The van der Waals surface area contributed by atoms with Crippen LogP contribution >= 0.6 is 0 Å². The van der Waals surface area contributed by atoms with E-state index < -0.39 is 54.5 Å². The number of carbonyl (C=O) groups excluding carboxylic acids is 3. The van der Waals surface area contributed by atoms with E-state index in [9.17, 15) is 36.9 Å². The summed E-state index contributed by atoms with van der Waals surface area (Å²) in [5.41, 5.74) is 3.94. The summed E-state index contributed by atoms with van der Waals surface area (Å²) in [6.07, 6.45) is 9.25. The molecule has 356 valence electrons. The van der Waals surface area contributed by atoms with Crippen LogP contribution in [0.4, 0.5) is 11.4 Å². The Hall–Kier alpha value is -5.30. The number of carbonyl (C=O) groups is 3. The van der Waals surface area contributed by atoms with Gasteiger partial charge in [-0.1, -0.05) is 45.7 Å². The van der Waals surface area contributed by atoms with Crippen LogP contribution in [0, 0.1) is 0 Å². The second-order valence-electron chi connectivity index (χ2n) is 17.3. The second-order valence-corrected chi connectivity index (χ2v) is 18.7. The fraction of sp³-hybridized carbons (Fsp3) is 0.490. The van der Waals surface area contributed by atoms with Gasteiger partial charge in [-0.3, -0.25) is 19.2 Å². The second kappa shape index (κ2) is 21.6. The highest BCUT2D eigenvalue weighted by Gasteiger charge is 2.44. The average Bonchev–Trinajstić information content (AvgIpc) is 3.80. The third kappa shape index (κ3) is 10.8. The summed E-state index contributed by atoms with van der Waals surface area (Å²) < 4.78 is 58.9. The lowest BCUT2D eigenvalue weighted by molar-refractivity contribution is -0.197. The fourth-order valence-corrected chi connectivity index (χ4v) is 9.46. The Balaban J connectivity index is 1.33. The van der Waals surface area contributed by atoms with Gasteiger partial charge in [-0.25, -0.2) is 13.2 Å². The molecular formula is C49H60N3O13S-. The summed E-state index contributed by atoms with van der Waals surface area (Å²) in [5.74, 6) is -1.84. The topological polar surface area (TPSA) is 198 Å². The molecule has 3 aromatic rings. The molecule has 3 heterocycles. The third-order valence-electron chi connectivity index (χ3n) is 12.7. The van der Waals surface area contributed by atoms with Gasteiger partial charge in [0.2, 0.25) is 10.9 Å². The first-order chi connectivity index (χ1) is 31.5. The molecule has 1 saturated heterocycles. The molecule has 0 N–H and O–H groups in total. The number of ether oxygens (including phenoxy) is 4. The van der Waals surface area contributed by atoms with Crippen LogP contribution in [0.1, 0.15) is 89.3 Å². The number of anilines is 2. The van der Waals surface area contributed by atoms with E-state index in [0.717, 1.165) is 23.4 Å². The Morgan fingerprint density at radius 2 is 1.27 bits per heavy atom. The summed E-state index contributed by atoms with van der Waals surface area (Å²) in [6.45, 7) is 11.4. The Kier molecular flexibility index (Phi) is 16.4. The van der Waals surface area contributed by atoms with Crippen molar-refractivity contribution in [1.29, 1.82) is 0 Å². The lowest BCUT2D eigenvalue weighted by atomic mass is 9.77. The highest BCUT2D eigenvalue weighted by Crippen LogP contribution is 2.51. The standard InChI is InChI=1S/C49H61N3O13S/c1-7-33-12-16-39-37(31-33)48(2,3)41(50(39)23-25-63-29-27-61-5)18-14-35-46(56)36(47(35)57)15-19-42-49(4,22-10-8-9-11-45(55)65-52-43(53)20-21-44(52)54)38-32-34(66(58,59)60)13-17-40(38)51(42)24-26-64-30-28-62-6/h12-19,31-32H,7-11,20-30H2,1-6H3,(H,58,59,60)/p-1. The molecule has 3 aliphatic heterocycles. The number of hydrogen-bond donors (Lipinski definition) is 0. The van der Waals surface area contributed by atoms with Crippen LogP contribution in [0.2, 0.25) is 0 Å². The Bertz CT molecular complexity index is 2630. The van der Waals surface area contributed by atoms with Gasteiger partial charge in [0.1, 0.15) is 10.1 Å². The molecular weight excluding hydrogens is 871 g/mol. The van der Waals surface area contributed by atoms with Crippen molar-refractivity contribution in [3.05, 3.63) is 108 Å². The first kappa shape index (κ1) is 50.1. The van der Waals surface area contributed by atoms with E-state index in [1.807, 2.05) is 17.9 Å². The number of hydrogen-bond acceptors (Lipinski definition) is 15. The number of allylic oxidation sites excluding steroid dienone is 4. The molecule has 0 aromatic heterocycles. The number of imide groups is 1. The van der Waals surface area contributed by atoms with E-state index in [-0.39, 0.29) is 36.3 Å². The molecule has 2 amide bonds. The van der Waals surface area contributed by atoms with Crippen LogP contribution in [-0.2, 0) is 65.5 Å². The van der Waals surface area contributed by atoms with Crippen molar-refractivity contribution in [2.45, 2.75) is 94.8 Å². The van der Waals surface area contributed by atoms with Crippen molar-refractivity contribution < 1.29 is 51.1 Å². The van der Waals surface area contributed by atoms with E-state index in [0.29, 0.717) is 93.8 Å². The lowest BCUT2D eigenvalue weighted by Gasteiger charge is -2.30. The average molecular weight is 931 g/mol. The molecule has 0 bridgehead atoms. The monoisotopic (exact) mass is 930 g/mol. The van der Waals surface area contributed by atoms with Crippen LogP contribution in [0.3, 0.4) is 0 Å². The molecule has 1 fully saturated rings. The number of fused-ring (bicyclic) bond motifs is 2. The lowest BCUT2D eigenvalue weighted by Crippen LogP contribution is -2.64. The van der Waals surface area contributed by atoms with Gasteiger partial charge < -0.3 is 38.1 Å². The van der Waals surface area contributed by atoms with Crippen molar-refractivity contribution in [3.8, 4) is 0 Å². The zero-order valence-electron chi connectivity index (χ0n) is 38.6. The molecule has 17 heteroatoms. The van der Waals surface area contributed by atoms with E-state index in [1.54, 1.807) is 32.4 Å². The van der Waals surface area contributed by atoms with E-state index in [1.165, 1.54) is 23.8 Å². The van der Waals surface area contributed by atoms with Gasteiger partial charge in [0.15, 0.2) is 0 Å². The first-order valence-electron chi connectivity index (χ1n) is 22.4. The summed E-state index contributed by atoms with van der Waals surface area (Å²) in [7, 11) is -1.66. The smallest absolute Gasteiger partial charge is 0.333 e. The normalized spacial score (nSPS) is 19.1. The number of hydroxylamine groups is 2. The number of nitrogens with zero attached hydrogens (tertiary/aromatic N) is 3. The van der Waals surface area contributed by atoms with Crippen molar-refractivity contribution >= 4 is 51.4 Å². The van der Waals surface area contributed by atoms with Gasteiger partial charge in [-0.15, -0.1) is 5.06 Å². The molecule has 66 heavy (non-hydrogen) atoms. The molecule has 0 spiro atoms. The van der Waals surface area contributed by atoms with E-state index in [2.05, 4.69) is 43.9 Å². The van der Waals surface area contributed by atoms with Gasteiger partial charge in [0, 0.05) is 80.2 Å². The predicted molar refractivity (Wildman–Crippen MR) is 247 cm³/mol. The molecule has 0 saturated carbocycles. The minimum Gasteiger partial charge on any atom is -0.744 e. The van der Waals surface area contributed by atoms with Crippen molar-refractivity contribution in [3.63, 3.8) is 0 Å². The van der Waals surface area contributed by atoms with Gasteiger partial charge in [0.05, 0.1) is 55.0 Å². The van der Waals surface area contributed by atoms with Gasteiger partial charge in [0.25, 0.3) is 11.8 Å². The third-order valence-corrected chi connectivity index (χ3v) is 13.5. The molecule has 0 radical (unpaired) electrons. The Labute approximate surface area is 385 Å². The first-order valence-corrected chi connectivity index (χ1v) is 23.8. The van der Waals surface area contributed by atoms with Gasteiger partial charge >= 0.3 is 5.97 Å². The van der Waals surface area contributed by atoms with Crippen LogP contribution < -0.4 is 31.1 Å². The highest BCUT2D eigenvalue weighted by molar-refractivity contribution is 7.85. The van der Waals surface area contributed by atoms with Crippen LogP contribution in [0.15, 0.2) is 74.4 Å². The van der Waals surface area contributed by atoms with Gasteiger partial charge in [-0.2, -0.15) is 0 Å². The zero-order chi connectivity index (χ0) is 47.8. The maximum absolute atomic E-state index is 13.8. The fourth-order valence-electron chi connectivity index (χ4n) is 8.97. The quantitative estimate of drug-likeness (QED) is 0.0760. The number of aryl methyl sites for hydroxylation is 1. The maximum atomic E-state index is 13.8. The summed E-state index contributed by atoms with van der Waals surface area (Å²) in [6, 6.07) is 10.6. The predicted octanol–water partition coefficient (Wildman–Crippen LogP) is 3.54. The molecule has 0 aliphatic carbocycles. The maximum Gasteiger partial charge on any atom is 0.333 e. The SMILES string of the molecule is CCc1ccc2c(c1)C(C)(C)C(=CC=c1c(=O)c(=CC=C3N(CCOCCOC)c4ccc(S(=O)(=O)[O-])cc4C3(C)CCCCCC(=O)ON3C(=O)CCC3=O)c1=O)N2CCOCCOC. The minimum absolute atomic E-state index is 0.0111. The number of unbranched alkanes of at least 4 members (excludes halogenated alkanes) is 2. The zero-order valence-corrected chi connectivity index (χ0v) is 39.5. The minimum atomic E-state index is -4.84. The van der Waals surface area contributed by atoms with E-state index >= 15 is 0 Å². The number of amides is 2. The number of benzene rings is 2. The Morgan fingerprint density at radius 1 is 0.712 bits per heavy atom. The molecule has 1 unspecified atom stereocenters. The Morgan fingerprint density at radius 3 is 1.85 bits per heavy atom.